The van der Waals surface area contributed by atoms with Gasteiger partial charge in [-0.1, -0.05) is 23.7 Å². The predicted molar refractivity (Wildman–Crippen MR) is 100 cm³/mol. The SMILES string of the molecule is C[C@@H](Oc1cnc(-c2cccc(Cl)c2)c2ncnc(N)c12)c1nnn(C)n1. The van der Waals surface area contributed by atoms with E-state index in [9.17, 15) is 0 Å². The zero-order chi connectivity index (χ0) is 19.0. The Morgan fingerprint density at radius 3 is 2.81 bits per heavy atom. The molecule has 0 unspecified atom stereocenters. The van der Waals surface area contributed by atoms with Gasteiger partial charge in [0.2, 0.25) is 5.82 Å². The lowest BCUT2D eigenvalue weighted by Gasteiger charge is -2.15. The molecule has 4 aromatic rings. The van der Waals surface area contributed by atoms with Crippen molar-refractivity contribution < 1.29 is 4.74 Å². The fraction of sp³-hybridized carbons (Fsp3) is 0.176. The number of tetrazole rings is 1. The van der Waals surface area contributed by atoms with E-state index in [2.05, 4.69) is 30.4 Å². The van der Waals surface area contributed by atoms with E-state index in [1.807, 2.05) is 25.1 Å². The second-order valence-corrected chi connectivity index (χ2v) is 6.30. The second-order valence-electron chi connectivity index (χ2n) is 5.86. The number of nitrogen functional groups attached to an aromatic ring is 1. The fourth-order valence-electron chi connectivity index (χ4n) is 2.71. The molecule has 0 spiro atoms. The minimum atomic E-state index is -0.458. The number of nitrogens with two attached hydrogens (primary N) is 1. The van der Waals surface area contributed by atoms with E-state index in [1.165, 1.54) is 11.1 Å². The van der Waals surface area contributed by atoms with Crippen LogP contribution in [0.15, 0.2) is 36.8 Å². The number of benzene rings is 1. The van der Waals surface area contributed by atoms with Crippen LogP contribution in [0.1, 0.15) is 18.9 Å². The van der Waals surface area contributed by atoms with Gasteiger partial charge in [0.15, 0.2) is 11.9 Å². The van der Waals surface area contributed by atoms with Gasteiger partial charge in [0.05, 0.1) is 24.3 Å². The molecule has 3 heterocycles. The summed E-state index contributed by atoms with van der Waals surface area (Å²) in [6.07, 6.45) is 2.52. The van der Waals surface area contributed by atoms with E-state index in [-0.39, 0.29) is 0 Å². The van der Waals surface area contributed by atoms with Gasteiger partial charge in [-0.2, -0.15) is 4.80 Å². The van der Waals surface area contributed by atoms with Crippen molar-refractivity contribution in [2.75, 3.05) is 5.73 Å². The Labute approximate surface area is 159 Å². The number of aryl methyl sites for hydroxylation is 1. The lowest BCUT2D eigenvalue weighted by atomic mass is 10.1. The highest BCUT2D eigenvalue weighted by Crippen LogP contribution is 2.35. The molecule has 0 saturated carbocycles. The molecule has 0 fully saturated rings. The number of aromatic nitrogens is 7. The molecular formula is C17H15ClN8O. The summed E-state index contributed by atoms with van der Waals surface area (Å²) < 4.78 is 6.00. The Morgan fingerprint density at radius 1 is 1.22 bits per heavy atom. The predicted octanol–water partition coefficient (Wildman–Crippen LogP) is 2.59. The van der Waals surface area contributed by atoms with Gasteiger partial charge in [-0.15, -0.1) is 10.2 Å². The van der Waals surface area contributed by atoms with Crippen LogP contribution in [-0.2, 0) is 7.05 Å². The van der Waals surface area contributed by atoms with Crippen LogP contribution in [-0.4, -0.2) is 35.2 Å². The van der Waals surface area contributed by atoms with Gasteiger partial charge in [-0.25, -0.2) is 9.97 Å². The first-order valence-electron chi connectivity index (χ1n) is 8.08. The summed E-state index contributed by atoms with van der Waals surface area (Å²) in [5, 5.41) is 13.1. The summed E-state index contributed by atoms with van der Waals surface area (Å²) in [4.78, 5) is 14.3. The highest BCUT2D eigenvalue weighted by atomic mass is 35.5. The number of anilines is 1. The summed E-state index contributed by atoms with van der Waals surface area (Å²) in [5.74, 6) is 1.17. The van der Waals surface area contributed by atoms with Crippen LogP contribution in [0.2, 0.25) is 5.02 Å². The van der Waals surface area contributed by atoms with Crippen molar-refractivity contribution in [2.24, 2.45) is 7.05 Å². The molecule has 0 radical (unpaired) electrons. The van der Waals surface area contributed by atoms with E-state index >= 15 is 0 Å². The van der Waals surface area contributed by atoms with Crippen LogP contribution in [0, 0.1) is 0 Å². The second kappa shape index (κ2) is 6.76. The molecule has 136 valence electrons. The fourth-order valence-corrected chi connectivity index (χ4v) is 2.90. The first kappa shape index (κ1) is 17.1. The normalized spacial score (nSPS) is 12.3. The topological polar surface area (TPSA) is 118 Å². The lowest BCUT2D eigenvalue weighted by molar-refractivity contribution is 0.218. The molecule has 1 atom stereocenters. The molecule has 0 bridgehead atoms. The number of fused-ring (bicyclic) bond motifs is 1. The molecule has 0 amide bonds. The third kappa shape index (κ3) is 3.24. The number of rotatable bonds is 4. The molecule has 0 aliphatic carbocycles. The van der Waals surface area contributed by atoms with Crippen molar-refractivity contribution in [1.82, 2.24) is 35.2 Å². The summed E-state index contributed by atoms with van der Waals surface area (Å²) >= 11 is 6.12. The molecule has 4 rings (SSSR count). The Bertz CT molecular complexity index is 1130. The third-order valence-corrected chi connectivity index (χ3v) is 4.18. The summed E-state index contributed by atoms with van der Waals surface area (Å²) in [6, 6.07) is 7.36. The minimum absolute atomic E-state index is 0.292. The van der Waals surface area contributed by atoms with Crippen molar-refractivity contribution in [2.45, 2.75) is 13.0 Å². The van der Waals surface area contributed by atoms with E-state index in [0.29, 0.717) is 39.0 Å². The van der Waals surface area contributed by atoms with Gasteiger partial charge in [-0.3, -0.25) is 4.98 Å². The molecule has 2 N–H and O–H groups in total. The Kier molecular flexibility index (Phi) is 4.28. The van der Waals surface area contributed by atoms with E-state index in [4.69, 9.17) is 22.1 Å². The summed E-state index contributed by atoms with van der Waals surface area (Å²) in [5.41, 5.74) is 8.15. The van der Waals surface area contributed by atoms with Crippen molar-refractivity contribution in [3.63, 3.8) is 0 Å². The van der Waals surface area contributed by atoms with E-state index < -0.39 is 6.10 Å². The largest absolute Gasteiger partial charge is 0.480 e. The number of hydrogen-bond acceptors (Lipinski definition) is 8. The summed E-state index contributed by atoms with van der Waals surface area (Å²) in [7, 11) is 1.69. The maximum absolute atomic E-state index is 6.12. The summed E-state index contributed by atoms with van der Waals surface area (Å²) in [6.45, 7) is 1.81. The van der Waals surface area contributed by atoms with Gasteiger partial charge >= 0.3 is 0 Å². The van der Waals surface area contributed by atoms with Crippen LogP contribution >= 0.6 is 11.6 Å². The van der Waals surface area contributed by atoms with Crippen LogP contribution in [0.5, 0.6) is 5.75 Å². The van der Waals surface area contributed by atoms with Crippen LogP contribution in [0.3, 0.4) is 0 Å². The third-order valence-electron chi connectivity index (χ3n) is 3.95. The number of ether oxygens (including phenoxy) is 1. The standard InChI is InChI=1S/C17H15ClN8O/c1-9(17-23-25-26(2)24-17)27-12-7-20-14(10-4-3-5-11(18)6-10)15-13(12)16(19)22-8-21-15/h3-9H,1-2H3,(H2,19,21,22)/t9-/m1/s1. The number of halogens is 1. The van der Waals surface area contributed by atoms with Gasteiger partial charge in [0, 0.05) is 10.6 Å². The van der Waals surface area contributed by atoms with E-state index in [0.717, 1.165) is 5.56 Å². The first-order chi connectivity index (χ1) is 13.0. The smallest absolute Gasteiger partial charge is 0.214 e. The van der Waals surface area contributed by atoms with Gasteiger partial charge in [0.25, 0.3) is 0 Å². The highest BCUT2D eigenvalue weighted by molar-refractivity contribution is 6.30. The molecule has 0 saturated heterocycles. The van der Waals surface area contributed by atoms with Crippen LogP contribution in [0.4, 0.5) is 5.82 Å². The van der Waals surface area contributed by atoms with Crippen molar-refractivity contribution in [3.8, 4) is 17.0 Å². The number of hydrogen-bond donors (Lipinski definition) is 1. The van der Waals surface area contributed by atoms with Crippen molar-refractivity contribution >= 4 is 28.3 Å². The number of nitrogens with zero attached hydrogens (tertiary/aromatic N) is 7. The van der Waals surface area contributed by atoms with Gasteiger partial charge in [-0.05, 0) is 24.3 Å². The molecule has 3 aromatic heterocycles. The molecule has 9 nitrogen and oxygen atoms in total. The first-order valence-corrected chi connectivity index (χ1v) is 8.46. The maximum atomic E-state index is 6.12. The van der Waals surface area contributed by atoms with Crippen LogP contribution in [0.25, 0.3) is 22.2 Å². The minimum Gasteiger partial charge on any atom is -0.480 e. The van der Waals surface area contributed by atoms with Crippen LogP contribution < -0.4 is 10.5 Å². The molecular weight excluding hydrogens is 368 g/mol. The Balaban J connectivity index is 1.82. The van der Waals surface area contributed by atoms with E-state index in [1.54, 1.807) is 19.3 Å². The van der Waals surface area contributed by atoms with Crippen molar-refractivity contribution in [3.05, 3.63) is 47.6 Å². The average molecular weight is 383 g/mol. The average Bonchev–Trinajstić information content (AvgIpc) is 3.08. The van der Waals surface area contributed by atoms with Gasteiger partial charge < -0.3 is 10.5 Å². The zero-order valence-corrected chi connectivity index (χ0v) is 15.3. The molecule has 0 aliphatic rings. The highest BCUT2D eigenvalue weighted by Gasteiger charge is 2.19. The Hall–Kier alpha value is -3.33. The Morgan fingerprint density at radius 2 is 2.07 bits per heavy atom. The zero-order valence-electron chi connectivity index (χ0n) is 14.5. The lowest BCUT2D eigenvalue weighted by Crippen LogP contribution is -2.08. The number of pyridine rings is 1. The molecule has 0 aliphatic heterocycles. The van der Waals surface area contributed by atoms with Crippen molar-refractivity contribution in [1.29, 1.82) is 0 Å². The quantitative estimate of drug-likeness (QED) is 0.572. The molecule has 10 heteroatoms. The molecule has 1 aromatic carbocycles. The molecule has 27 heavy (non-hydrogen) atoms. The maximum Gasteiger partial charge on any atom is 0.214 e. The monoisotopic (exact) mass is 382 g/mol. The van der Waals surface area contributed by atoms with Gasteiger partial charge in [0.1, 0.15) is 17.7 Å².